The Balaban J connectivity index is 1.77. The van der Waals surface area contributed by atoms with Crippen molar-refractivity contribution in [1.82, 2.24) is 10.2 Å². The zero-order valence-electron chi connectivity index (χ0n) is 17.9. The normalized spacial score (nSPS) is 19.8. The minimum atomic E-state index is -0.573. The third kappa shape index (κ3) is 4.59. The molecule has 8 heteroatoms. The maximum Gasteiger partial charge on any atom is 0.262 e. The Morgan fingerprint density at radius 3 is 2.91 bits per heavy atom. The van der Waals surface area contributed by atoms with Gasteiger partial charge in [-0.05, 0) is 41.8 Å². The molecule has 2 aromatic carbocycles. The van der Waals surface area contributed by atoms with Crippen molar-refractivity contribution in [3.05, 3.63) is 59.2 Å². The summed E-state index contributed by atoms with van der Waals surface area (Å²) in [7, 11) is 1.60. The lowest BCUT2D eigenvalue weighted by Crippen LogP contribution is -2.36. The number of nitriles is 1. The zero-order chi connectivity index (χ0) is 22.7. The van der Waals surface area contributed by atoms with Crippen LogP contribution in [0.2, 0.25) is 0 Å². The number of carbonyl (C=O) groups excluding carboxylic acids is 2. The van der Waals surface area contributed by atoms with Gasteiger partial charge in [-0.3, -0.25) is 9.59 Å². The van der Waals surface area contributed by atoms with E-state index in [0.29, 0.717) is 36.5 Å². The Morgan fingerprint density at radius 1 is 1.34 bits per heavy atom. The number of rotatable bonds is 6. The van der Waals surface area contributed by atoms with E-state index in [1.54, 1.807) is 25.2 Å². The van der Waals surface area contributed by atoms with E-state index in [-0.39, 0.29) is 30.4 Å². The van der Waals surface area contributed by atoms with E-state index < -0.39 is 5.92 Å². The van der Waals surface area contributed by atoms with Gasteiger partial charge in [-0.15, -0.1) is 0 Å². The second-order valence-electron chi connectivity index (χ2n) is 8.23. The van der Waals surface area contributed by atoms with Crippen molar-refractivity contribution >= 4 is 17.5 Å². The quantitative estimate of drug-likeness (QED) is 0.636. The summed E-state index contributed by atoms with van der Waals surface area (Å²) >= 11 is 0. The van der Waals surface area contributed by atoms with Gasteiger partial charge in [-0.1, -0.05) is 18.2 Å². The molecular weight excluding hydrogens is 408 g/mol. The first kappa shape index (κ1) is 21.8. The highest BCUT2D eigenvalue weighted by Crippen LogP contribution is 2.39. The molecule has 2 aromatic rings. The van der Waals surface area contributed by atoms with Crippen LogP contribution in [0.5, 0.6) is 5.75 Å². The SMILES string of the molecule is CNC(=O)C(c1ccc2c(c1)NC(=O)CO2)[C@H](CN1CC[C@H](O)C1)c1cccc(C#N)c1. The highest BCUT2D eigenvalue weighted by molar-refractivity contribution is 5.96. The molecular formula is C24H26N4O4. The van der Waals surface area contributed by atoms with Crippen molar-refractivity contribution in [3.8, 4) is 11.8 Å². The van der Waals surface area contributed by atoms with Gasteiger partial charge >= 0.3 is 0 Å². The lowest BCUT2D eigenvalue weighted by Gasteiger charge is -2.31. The standard InChI is InChI=1S/C24H26N4O4/c1-26-24(31)23(17-5-6-21-20(10-17)27-22(30)14-32-21)19(13-28-8-7-18(29)12-28)16-4-2-3-15(9-16)11-25/h2-6,9-10,18-19,23,29H,7-8,12-14H2,1H3,(H,26,31)(H,27,30)/t18-,19+,23?/m0/s1. The van der Waals surface area contributed by atoms with Crippen molar-refractivity contribution in [2.24, 2.45) is 0 Å². The van der Waals surface area contributed by atoms with Gasteiger partial charge in [-0.25, -0.2) is 0 Å². The molecule has 0 radical (unpaired) electrons. The largest absolute Gasteiger partial charge is 0.482 e. The number of benzene rings is 2. The fourth-order valence-electron chi connectivity index (χ4n) is 4.51. The number of carbonyl (C=O) groups is 2. The number of β-amino-alcohol motifs (C(OH)–C–C–N with tert-alkyl or cyclic N) is 1. The molecule has 2 heterocycles. The Bertz CT molecular complexity index is 1060. The molecule has 4 rings (SSSR count). The second kappa shape index (κ2) is 9.39. The summed E-state index contributed by atoms with van der Waals surface area (Å²) in [6.45, 7) is 1.79. The Hall–Kier alpha value is -3.41. The topological polar surface area (TPSA) is 115 Å². The molecule has 2 aliphatic heterocycles. The van der Waals surface area contributed by atoms with Crippen molar-refractivity contribution in [2.45, 2.75) is 24.4 Å². The predicted octanol–water partition coefficient (Wildman–Crippen LogP) is 1.57. The summed E-state index contributed by atoms with van der Waals surface area (Å²) in [5.74, 6) is -0.687. The van der Waals surface area contributed by atoms with E-state index in [4.69, 9.17) is 4.74 Å². The van der Waals surface area contributed by atoms with E-state index in [1.165, 1.54) is 0 Å². The number of fused-ring (bicyclic) bond motifs is 1. The van der Waals surface area contributed by atoms with Crippen molar-refractivity contribution in [3.63, 3.8) is 0 Å². The highest BCUT2D eigenvalue weighted by atomic mass is 16.5. The zero-order valence-corrected chi connectivity index (χ0v) is 17.9. The summed E-state index contributed by atoms with van der Waals surface area (Å²) in [5.41, 5.74) is 2.67. The molecule has 3 N–H and O–H groups in total. The average Bonchev–Trinajstić information content (AvgIpc) is 3.22. The minimum Gasteiger partial charge on any atom is -0.482 e. The third-order valence-electron chi connectivity index (χ3n) is 6.07. The van der Waals surface area contributed by atoms with Crippen molar-refractivity contribution in [1.29, 1.82) is 5.26 Å². The van der Waals surface area contributed by atoms with Crippen LogP contribution in [0.15, 0.2) is 42.5 Å². The fraction of sp³-hybridized carbons (Fsp3) is 0.375. The van der Waals surface area contributed by atoms with Crippen LogP contribution in [0.3, 0.4) is 0 Å². The molecule has 1 fully saturated rings. The van der Waals surface area contributed by atoms with Crippen LogP contribution in [0, 0.1) is 11.3 Å². The summed E-state index contributed by atoms with van der Waals surface area (Å²) in [4.78, 5) is 27.1. The lowest BCUT2D eigenvalue weighted by molar-refractivity contribution is -0.122. The van der Waals surface area contributed by atoms with Gasteiger partial charge in [0.2, 0.25) is 5.91 Å². The highest BCUT2D eigenvalue weighted by Gasteiger charge is 2.35. The molecule has 8 nitrogen and oxygen atoms in total. The molecule has 1 saturated heterocycles. The number of ether oxygens (including phenoxy) is 1. The first-order valence-electron chi connectivity index (χ1n) is 10.7. The van der Waals surface area contributed by atoms with Gasteiger partial charge in [-0.2, -0.15) is 5.26 Å². The van der Waals surface area contributed by atoms with Crippen molar-refractivity contribution < 1.29 is 19.4 Å². The lowest BCUT2D eigenvalue weighted by atomic mass is 9.79. The molecule has 3 atom stereocenters. The van der Waals surface area contributed by atoms with E-state index >= 15 is 0 Å². The molecule has 166 valence electrons. The number of nitrogens with one attached hydrogen (secondary N) is 2. The number of anilines is 1. The van der Waals surface area contributed by atoms with Gasteiger partial charge in [0.25, 0.3) is 5.91 Å². The second-order valence-corrected chi connectivity index (χ2v) is 8.23. The maximum absolute atomic E-state index is 13.2. The van der Waals surface area contributed by atoms with E-state index in [9.17, 15) is 20.0 Å². The van der Waals surface area contributed by atoms with Crippen LogP contribution in [0.1, 0.15) is 34.9 Å². The monoisotopic (exact) mass is 434 g/mol. The molecule has 0 bridgehead atoms. The molecule has 0 spiro atoms. The number of aliphatic hydroxyl groups excluding tert-OH is 1. The smallest absolute Gasteiger partial charge is 0.262 e. The minimum absolute atomic E-state index is 0.0356. The maximum atomic E-state index is 13.2. The van der Waals surface area contributed by atoms with Gasteiger partial charge in [0.1, 0.15) is 5.75 Å². The van der Waals surface area contributed by atoms with Crippen LogP contribution >= 0.6 is 0 Å². The summed E-state index contributed by atoms with van der Waals surface area (Å²) in [5, 5.41) is 25.0. The number of hydrogen-bond donors (Lipinski definition) is 3. The van der Waals surface area contributed by atoms with Crippen LogP contribution in [-0.2, 0) is 9.59 Å². The first-order chi connectivity index (χ1) is 15.5. The summed E-state index contributed by atoms with van der Waals surface area (Å²) in [6.07, 6.45) is 0.313. The van der Waals surface area contributed by atoms with E-state index in [0.717, 1.165) is 17.7 Å². The third-order valence-corrected chi connectivity index (χ3v) is 6.07. The van der Waals surface area contributed by atoms with Crippen LogP contribution < -0.4 is 15.4 Å². The predicted molar refractivity (Wildman–Crippen MR) is 118 cm³/mol. The van der Waals surface area contributed by atoms with Gasteiger partial charge in [0.05, 0.1) is 29.3 Å². The van der Waals surface area contributed by atoms with Crippen LogP contribution in [0.4, 0.5) is 5.69 Å². The Morgan fingerprint density at radius 2 is 2.19 bits per heavy atom. The molecule has 0 saturated carbocycles. The molecule has 2 amide bonds. The number of amides is 2. The first-order valence-corrected chi connectivity index (χ1v) is 10.7. The Kier molecular flexibility index (Phi) is 6.40. The van der Waals surface area contributed by atoms with Crippen molar-refractivity contribution in [2.75, 3.05) is 38.6 Å². The number of nitrogens with zero attached hydrogens (tertiary/aromatic N) is 2. The number of likely N-dealkylation sites (N-methyl/N-ethyl adjacent to an activating group) is 1. The molecule has 0 aromatic heterocycles. The molecule has 2 aliphatic rings. The molecule has 0 aliphatic carbocycles. The summed E-state index contributed by atoms with van der Waals surface area (Å²) < 4.78 is 5.47. The number of likely N-dealkylation sites (tertiary alicyclic amines) is 1. The number of hydrogen-bond acceptors (Lipinski definition) is 6. The Labute approximate surface area is 186 Å². The number of aliphatic hydroxyl groups is 1. The molecule has 32 heavy (non-hydrogen) atoms. The van der Waals surface area contributed by atoms with E-state index in [1.807, 2.05) is 24.3 Å². The van der Waals surface area contributed by atoms with Crippen LogP contribution in [0.25, 0.3) is 0 Å². The average molecular weight is 434 g/mol. The van der Waals surface area contributed by atoms with Gasteiger partial charge in [0.15, 0.2) is 6.61 Å². The van der Waals surface area contributed by atoms with Crippen LogP contribution in [-0.4, -0.2) is 61.2 Å². The summed E-state index contributed by atoms with van der Waals surface area (Å²) in [6, 6.07) is 14.9. The molecule has 1 unspecified atom stereocenters. The van der Waals surface area contributed by atoms with E-state index in [2.05, 4.69) is 21.6 Å². The van der Waals surface area contributed by atoms with Gasteiger partial charge < -0.3 is 25.4 Å². The fourth-order valence-corrected chi connectivity index (χ4v) is 4.51. The van der Waals surface area contributed by atoms with Gasteiger partial charge in [0, 0.05) is 32.6 Å².